The maximum Gasteiger partial charge on any atom is 0.266 e. The molecule has 0 spiro atoms. The summed E-state index contributed by atoms with van der Waals surface area (Å²) in [6, 6.07) is 0. The minimum Gasteiger partial charge on any atom is -0.381 e. The molecule has 0 aromatic heterocycles. The van der Waals surface area contributed by atoms with Crippen LogP contribution < -0.4 is 0 Å². The second kappa shape index (κ2) is 5.50. The Morgan fingerprint density at radius 1 is 1.53 bits per heavy atom. The highest BCUT2D eigenvalue weighted by Crippen LogP contribution is 2.37. The third kappa shape index (κ3) is 2.56. The zero-order valence-corrected chi connectivity index (χ0v) is 11.8. The highest BCUT2D eigenvalue weighted by Gasteiger charge is 2.33. The number of thioether (sulfide) groups is 1. The molecule has 17 heavy (non-hydrogen) atoms. The summed E-state index contributed by atoms with van der Waals surface area (Å²) in [4.78, 5) is 14.7. The number of carbonyl (C=O) groups excluding carboxylic acids is 1. The van der Waals surface area contributed by atoms with Crippen molar-refractivity contribution in [1.82, 2.24) is 4.90 Å². The predicted molar refractivity (Wildman–Crippen MR) is 73.8 cm³/mol. The average molecular weight is 271 g/mol. The van der Waals surface area contributed by atoms with E-state index in [2.05, 4.69) is 6.92 Å². The van der Waals surface area contributed by atoms with E-state index in [0.717, 1.165) is 31.0 Å². The van der Waals surface area contributed by atoms with E-state index < -0.39 is 0 Å². The van der Waals surface area contributed by atoms with E-state index in [1.807, 2.05) is 6.92 Å². The molecule has 0 saturated carbocycles. The van der Waals surface area contributed by atoms with Crippen molar-refractivity contribution in [1.29, 1.82) is 0 Å². The Morgan fingerprint density at radius 2 is 2.18 bits per heavy atom. The second-order valence-corrected chi connectivity index (χ2v) is 5.96. The molecule has 2 heterocycles. The van der Waals surface area contributed by atoms with Gasteiger partial charge in [-0.3, -0.25) is 9.69 Å². The first-order chi connectivity index (χ1) is 8.15. The normalized spacial score (nSPS) is 25.6. The first-order valence-electron chi connectivity index (χ1n) is 5.97. The van der Waals surface area contributed by atoms with Gasteiger partial charge in [-0.1, -0.05) is 29.6 Å². The zero-order chi connectivity index (χ0) is 12.4. The van der Waals surface area contributed by atoms with Gasteiger partial charge in [-0.25, -0.2) is 0 Å². The maximum atomic E-state index is 12.2. The van der Waals surface area contributed by atoms with Gasteiger partial charge < -0.3 is 4.74 Å². The van der Waals surface area contributed by atoms with E-state index in [1.165, 1.54) is 17.3 Å². The van der Waals surface area contributed by atoms with Crippen molar-refractivity contribution in [3.05, 3.63) is 10.5 Å². The van der Waals surface area contributed by atoms with E-state index in [9.17, 15) is 4.79 Å². The minimum atomic E-state index is 0.0893. The fourth-order valence-corrected chi connectivity index (χ4v) is 3.71. The summed E-state index contributed by atoms with van der Waals surface area (Å²) < 4.78 is 6.05. The molecule has 94 valence electrons. The lowest BCUT2D eigenvalue weighted by atomic mass is 9.92. The topological polar surface area (TPSA) is 29.5 Å². The molecule has 0 radical (unpaired) electrons. The van der Waals surface area contributed by atoms with Gasteiger partial charge in [-0.2, -0.15) is 0 Å². The number of nitrogens with zero attached hydrogens (tertiary/aromatic N) is 1. The van der Waals surface area contributed by atoms with Crippen LogP contribution in [0.2, 0.25) is 0 Å². The number of thiocarbonyl (C=S) groups is 1. The highest BCUT2D eigenvalue weighted by atomic mass is 32.2. The van der Waals surface area contributed by atoms with E-state index in [1.54, 1.807) is 4.90 Å². The lowest BCUT2D eigenvalue weighted by molar-refractivity contribution is -0.122. The Hall–Kier alpha value is -0.390. The van der Waals surface area contributed by atoms with Crippen molar-refractivity contribution in [2.45, 2.75) is 26.7 Å². The molecule has 1 amide bonds. The number of amides is 1. The van der Waals surface area contributed by atoms with Crippen LogP contribution >= 0.6 is 24.0 Å². The second-order valence-electron chi connectivity index (χ2n) is 4.32. The van der Waals surface area contributed by atoms with Crippen LogP contribution in [-0.4, -0.2) is 34.9 Å². The van der Waals surface area contributed by atoms with Crippen LogP contribution in [0.1, 0.15) is 26.7 Å². The van der Waals surface area contributed by atoms with Crippen molar-refractivity contribution in [2.24, 2.45) is 5.92 Å². The SMILES string of the molecule is CCN1C(=O)C(=C(C)C2CCOCC2)SC1=S. The molecule has 0 unspecified atom stereocenters. The van der Waals surface area contributed by atoms with Gasteiger partial charge in [0.15, 0.2) is 0 Å². The summed E-state index contributed by atoms with van der Waals surface area (Å²) in [5, 5.41) is 0. The van der Waals surface area contributed by atoms with Gasteiger partial charge in [0.1, 0.15) is 4.32 Å². The molecular weight excluding hydrogens is 254 g/mol. The van der Waals surface area contributed by atoms with Crippen molar-refractivity contribution in [3.63, 3.8) is 0 Å². The monoisotopic (exact) mass is 271 g/mol. The molecule has 2 aliphatic rings. The summed E-state index contributed by atoms with van der Waals surface area (Å²) in [5.74, 6) is 0.571. The van der Waals surface area contributed by atoms with Gasteiger partial charge >= 0.3 is 0 Å². The molecule has 3 nitrogen and oxygen atoms in total. The fourth-order valence-electron chi connectivity index (χ4n) is 2.23. The molecule has 0 aromatic rings. The fraction of sp³-hybridized carbons (Fsp3) is 0.667. The lowest BCUT2D eigenvalue weighted by Gasteiger charge is -2.23. The Morgan fingerprint density at radius 3 is 2.71 bits per heavy atom. The number of allylic oxidation sites excluding steroid dienone is 1. The van der Waals surface area contributed by atoms with Crippen LogP contribution in [0.4, 0.5) is 0 Å². The summed E-state index contributed by atoms with van der Waals surface area (Å²) in [7, 11) is 0. The quantitative estimate of drug-likeness (QED) is 0.570. The molecule has 2 rings (SSSR count). The Balaban J connectivity index is 2.20. The number of hydrogen-bond donors (Lipinski definition) is 0. The molecule has 0 N–H and O–H groups in total. The largest absolute Gasteiger partial charge is 0.381 e. The predicted octanol–water partition coefficient (Wildman–Crippen LogP) is 2.57. The van der Waals surface area contributed by atoms with E-state index in [0.29, 0.717) is 16.8 Å². The standard InChI is InChI=1S/C12H17NO2S2/c1-3-13-11(14)10(17-12(13)16)8(2)9-4-6-15-7-5-9/h9H,3-7H2,1-2H3. The molecule has 0 aromatic carbocycles. The summed E-state index contributed by atoms with van der Waals surface area (Å²) in [6.45, 7) is 6.29. The zero-order valence-electron chi connectivity index (χ0n) is 10.2. The van der Waals surface area contributed by atoms with Crippen molar-refractivity contribution in [2.75, 3.05) is 19.8 Å². The molecule has 2 saturated heterocycles. The highest BCUT2D eigenvalue weighted by molar-refractivity contribution is 8.26. The molecular formula is C12H17NO2S2. The number of hydrogen-bond acceptors (Lipinski definition) is 4. The smallest absolute Gasteiger partial charge is 0.266 e. The molecule has 0 aliphatic carbocycles. The molecule has 2 fully saturated rings. The summed E-state index contributed by atoms with van der Waals surface area (Å²) >= 11 is 6.68. The first-order valence-corrected chi connectivity index (χ1v) is 7.19. The van der Waals surface area contributed by atoms with E-state index in [-0.39, 0.29) is 5.91 Å². The average Bonchev–Trinajstić information content (AvgIpc) is 2.64. The molecule has 0 bridgehead atoms. The third-order valence-electron chi connectivity index (χ3n) is 3.36. The number of ether oxygens (including phenoxy) is 1. The van der Waals surface area contributed by atoms with Crippen molar-refractivity contribution >= 4 is 34.2 Å². The van der Waals surface area contributed by atoms with Gasteiger partial charge in [0, 0.05) is 19.8 Å². The summed E-state index contributed by atoms with van der Waals surface area (Å²) in [5.41, 5.74) is 1.20. The van der Waals surface area contributed by atoms with Crippen LogP contribution in [0.25, 0.3) is 0 Å². The Bertz CT molecular complexity index is 373. The van der Waals surface area contributed by atoms with Crippen molar-refractivity contribution < 1.29 is 9.53 Å². The van der Waals surface area contributed by atoms with Crippen LogP contribution in [0.5, 0.6) is 0 Å². The minimum absolute atomic E-state index is 0.0893. The number of carbonyl (C=O) groups is 1. The number of likely N-dealkylation sites (N-methyl/N-ethyl adjacent to an activating group) is 1. The number of rotatable bonds is 2. The lowest BCUT2D eigenvalue weighted by Crippen LogP contribution is -2.28. The molecule has 2 aliphatic heterocycles. The van der Waals surface area contributed by atoms with Gasteiger partial charge in [0.05, 0.1) is 4.91 Å². The van der Waals surface area contributed by atoms with Gasteiger partial charge in [0.25, 0.3) is 5.91 Å². The third-order valence-corrected chi connectivity index (χ3v) is 4.92. The van der Waals surface area contributed by atoms with Gasteiger partial charge in [-0.05, 0) is 32.6 Å². The maximum absolute atomic E-state index is 12.2. The molecule has 5 heteroatoms. The van der Waals surface area contributed by atoms with E-state index >= 15 is 0 Å². The van der Waals surface area contributed by atoms with Gasteiger partial charge in [0.2, 0.25) is 0 Å². The Labute approximate surface area is 112 Å². The van der Waals surface area contributed by atoms with Crippen molar-refractivity contribution in [3.8, 4) is 0 Å². The molecule has 0 atom stereocenters. The van der Waals surface area contributed by atoms with Crippen LogP contribution in [0.15, 0.2) is 10.5 Å². The van der Waals surface area contributed by atoms with Crippen LogP contribution in [0.3, 0.4) is 0 Å². The van der Waals surface area contributed by atoms with Crippen LogP contribution in [-0.2, 0) is 9.53 Å². The Kier molecular flexibility index (Phi) is 4.22. The van der Waals surface area contributed by atoms with Crippen LogP contribution in [0, 0.1) is 5.92 Å². The first kappa shape index (κ1) is 13.1. The van der Waals surface area contributed by atoms with E-state index in [4.69, 9.17) is 17.0 Å². The summed E-state index contributed by atoms with van der Waals surface area (Å²) in [6.07, 6.45) is 2.03. The van der Waals surface area contributed by atoms with Gasteiger partial charge in [-0.15, -0.1) is 0 Å².